The van der Waals surface area contributed by atoms with Crippen LogP contribution in [-0.2, 0) is 9.53 Å². The normalized spacial score (nSPS) is 22.7. The summed E-state index contributed by atoms with van der Waals surface area (Å²) in [6.45, 7) is 5.74. The maximum Gasteiger partial charge on any atom is 0.411 e. The van der Waals surface area contributed by atoms with E-state index in [4.69, 9.17) is 21.1 Å². The molecule has 11 heteroatoms. The number of halogens is 1. The zero-order chi connectivity index (χ0) is 24.3. The highest BCUT2D eigenvalue weighted by Crippen LogP contribution is 2.33. The second kappa shape index (κ2) is 9.83. The summed E-state index contributed by atoms with van der Waals surface area (Å²) < 4.78 is 11.3. The van der Waals surface area contributed by atoms with Crippen LogP contribution in [0.2, 0.25) is 5.02 Å². The molecule has 0 N–H and O–H groups in total. The Kier molecular flexibility index (Phi) is 7.32. The SMILES string of the molecule is CC(C)(C)OC(=O)N1C(COc2ccc([N+](=O)[O-])cc2Cl)CC[C@H]1C(=O)N1CCC[C@H]1C#N. The molecule has 33 heavy (non-hydrogen) atoms. The first kappa shape index (κ1) is 24.6. The maximum absolute atomic E-state index is 13.3. The van der Waals surface area contributed by atoms with Gasteiger partial charge in [-0.05, 0) is 52.5 Å². The first-order chi connectivity index (χ1) is 15.5. The van der Waals surface area contributed by atoms with Gasteiger partial charge in [0.25, 0.3) is 5.69 Å². The van der Waals surface area contributed by atoms with Crippen molar-refractivity contribution >= 4 is 29.3 Å². The number of ether oxygens (including phenoxy) is 2. The van der Waals surface area contributed by atoms with Crippen molar-refractivity contribution < 1.29 is 24.0 Å². The molecular weight excluding hydrogens is 452 g/mol. The van der Waals surface area contributed by atoms with E-state index in [9.17, 15) is 25.0 Å². The van der Waals surface area contributed by atoms with E-state index in [1.165, 1.54) is 23.1 Å². The highest BCUT2D eigenvalue weighted by Gasteiger charge is 2.46. The third-order valence-corrected chi connectivity index (χ3v) is 5.93. The third-order valence-electron chi connectivity index (χ3n) is 5.63. The third kappa shape index (κ3) is 5.66. The number of amides is 2. The number of nitrogens with zero attached hydrogens (tertiary/aromatic N) is 4. The molecule has 0 saturated carbocycles. The fourth-order valence-electron chi connectivity index (χ4n) is 4.14. The molecule has 0 radical (unpaired) electrons. The van der Waals surface area contributed by atoms with Crippen LogP contribution in [0.1, 0.15) is 46.5 Å². The number of rotatable bonds is 5. The van der Waals surface area contributed by atoms with Gasteiger partial charge in [-0.3, -0.25) is 19.8 Å². The Balaban J connectivity index is 1.78. The Labute approximate surface area is 197 Å². The van der Waals surface area contributed by atoms with Gasteiger partial charge in [0.15, 0.2) is 0 Å². The lowest BCUT2D eigenvalue weighted by Gasteiger charge is -2.34. The van der Waals surface area contributed by atoms with E-state index >= 15 is 0 Å². The topological polar surface area (TPSA) is 126 Å². The summed E-state index contributed by atoms with van der Waals surface area (Å²) in [5.41, 5.74) is -0.921. The molecular formula is C22H27ClN4O6. The molecule has 1 aromatic rings. The molecule has 2 heterocycles. The van der Waals surface area contributed by atoms with Crippen LogP contribution in [0.5, 0.6) is 5.75 Å². The standard InChI is InChI=1S/C22H27ClN4O6/c1-22(2,3)33-21(29)26-16(13-32-19-9-7-14(27(30)31)11-17(19)23)6-8-18(26)20(28)25-10-4-5-15(25)12-24/h7,9,11,15-16,18H,4-6,8,10,13H2,1-3H3/t15-,16?,18-/m0/s1. The minimum Gasteiger partial charge on any atom is -0.490 e. The van der Waals surface area contributed by atoms with E-state index in [1.807, 2.05) is 0 Å². The smallest absolute Gasteiger partial charge is 0.411 e. The van der Waals surface area contributed by atoms with Gasteiger partial charge in [-0.25, -0.2) is 4.79 Å². The number of nitro benzene ring substituents is 1. The number of likely N-dealkylation sites (tertiary alicyclic amines) is 2. The molecule has 2 amide bonds. The van der Waals surface area contributed by atoms with Crippen LogP contribution in [-0.4, -0.2) is 63.6 Å². The molecule has 0 spiro atoms. The van der Waals surface area contributed by atoms with Crippen LogP contribution in [0.3, 0.4) is 0 Å². The van der Waals surface area contributed by atoms with Gasteiger partial charge >= 0.3 is 6.09 Å². The minimum atomic E-state index is -0.761. The Bertz CT molecular complexity index is 973. The fraction of sp³-hybridized carbons (Fsp3) is 0.591. The quantitative estimate of drug-likeness (QED) is 0.463. The van der Waals surface area contributed by atoms with Gasteiger partial charge in [-0.2, -0.15) is 5.26 Å². The van der Waals surface area contributed by atoms with Crippen LogP contribution in [0.25, 0.3) is 0 Å². The van der Waals surface area contributed by atoms with Crippen molar-refractivity contribution in [2.75, 3.05) is 13.2 Å². The fourth-order valence-corrected chi connectivity index (χ4v) is 4.37. The second-order valence-electron chi connectivity index (χ2n) is 9.14. The summed E-state index contributed by atoms with van der Waals surface area (Å²) in [7, 11) is 0. The van der Waals surface area contributed by atoms with Gasteiger partial charge in [0.2, 0.25) is 5.91 Å². The second-order valence-corrected chi connectivity index (χ2v) is 9.54. The molecule has 2 fully saturated rings. The van der Waals surface area contributed by atoms with Crippen molar-refractivity contribution in [1.29, 1.82) is 5.26 Å². The van der Waals surface area contributed by atoms with E-state index < -0.39 is 34.7 Å². The summed E-state index contributed by atoms with van der Waals surface area (Å²) >= 11 is 6.12. The number of non-ortho nitro benzene ring substituents is 1. The average Bonchev–Trinajstić information content (AvgIpc) is 3.37. The van der Waals surface area contributed by atoms with E-state index in [-0.39, 0.29) is 29.0 Å². The number of carbonyl (C=O) groups is 2. The van der Waals surface area contributed by atoms with Crippen molar-refractivity contribution in [2.24, 2.45) is 0 Å². The number of nitriles is 1. The van der Waals surface area contributed by atoms with E-state index in [2.05, 4.69) is 6.07 Å². The molecule has 178 valence electrons. The van der Waals surface area contributed by atoms with Gasteiger partial charge in [0.05, 0.1) is 22.1 Å². The predicted molar refractivity (Wildman–Crippen MR) is 119 cm³/mol. The van der Waals surface area contributed by atoms with Gasteiger partial charge in [-0.1, -0.05) is 11.6 Å². The van der Waals surface area contributed by atoms with Crippen LogP contribution in [0, 0.1) is 21.4 Å². The summed E-state index contributed by atoms with van der Waals surface area (Å²) in [6, 6.07) is 4.32. The molecule has 0 bridgehead atoms. The van der Waals surface area contributed by atoms with Crippen LogP contribution in [0.15, 0.2) is 18.2 Å². The zero-order valence-corrected chi connectivity index (χ0v) is 19.6. The first-order valence-electron chi connectivity index (χ1n) is 10.8. The number of hydrogen-bond donors (Lipinski definition) is 0. The summed E-state index contributed by atoms with van der Waals surface area (Å²) in [4.78, 5) is 39.6. The van der Waals surface area contributed by atoms with Crippen molar-refractivity contribution in [1.82, 2.24) is 9.80 Å². The average molecular weight is 479 g/mol. The highest BCUT2D eigenvalue weighted by molar-refractivity contribution is 6.32. The predicted octanol–water partition coefficient (Wildman–Crippen LogP) is 3.91. The lowest BCUT2D eigenvalue weighted by atomic mass is 10.1. The zero-order valence-electron chi connectivity index (χ0n) is 18.8. The molecule has 3 rings (SSSR count). The molecule has 0 aliphatic carbocycles. The van der Waals surface area contributed by atoms with Crippen LogP contribution < -0.4 is 4.74 Å². The van der Waals surface area contributed by atoms with Gasteiger partial charge in [0.1, 0.15) is 30.0 Å². The highest BCUT2D eigenvalue weighted by atomic mass is 35.5. The lowest BCUT2D eigenvalue weighted by Crippen LogP contribution is -2.53. The van der Waals surface area contributed by atoms with Gasteiger partial charge in [0, 0.05) is 18.7 Å². The number of nitro groups is 1. The summed E-state index contributed by atoms with van der Waals surface area (Å²) in [5, 5.41) is 20.4. The lowest BCUT2D eigenvalue weighted by molar-refractivity contribution is -0.384. The van der Waals surface area contributed by atoms with Crippen molar-refractivity contribution in [3.05, 3.63) is 33.3 Å². The molecule has 2 aliphatic heterocycles. The van der Waals surface area contributed by atoms with E-state index in [1.54, 1.807) is 25.7 Å². The Hall–Kier alpha value is -3.06. The molecule has 3 atom stereocenters. The maximum atomic E-state index is 13.3. The first-order valence-corrected chi connectivity index (χ1v) is 11.2. The van der Waals surface area contributed by atoms with Crippen LogP contribution in [0.4, 0.5) is 10.5 Å². The van der Waals surface area contributed by atoms with E-state index in [0.717, 1.165) is 6.42 Å². The molecule has 0 aromatic heterocycles. The van der Waals surface area contributed by atoms with E-state index in [0.29, 0.717) is 25.8 Å². The van der Waals surface area contributed by atoms with Crippen molar-refractivity contribution in [3.63, 3.8) is 0 Å². The Morgan fingerprint density at radius 2 is 2.03 bits per heavy atom. The monoisotopic (exact) mass is 478 g/mol. The Morgan fingerprint density at radius 3 is 2.64 bits per heavy atom. The van der Waals surface area contributed by atoms with Crippen molar-refractivity contribution in [2.45, 2.75) is 70.2 Å². The van der Waals surface area contributed by atoms with Crippen LogP contribution >= 0.6 is 11.6 Å². The summed E-state index contributed by atoms with van der Waals surface area (Å²) in [6.07, 6.45) is 1.63. The minimum absolute atomic E-state index is 0.0300. The number of benzene rings is 1. The molecule has 10 nitrogen and oxygen atoms in total. The van der Waals surface area contributed by atoms with Gasteiger partial charge < -0.3 is 14.4 Å². The van der Waals surface area contributed by atoms with Gasteiger partial charge in [-0.15, -0.1) is 0 Å². The van der Waals surface area contributed by atoms with Crippen molar-refractivity contribution in [3.8, 4) is 11.8 Å². The number of hydrogen-bond acceptors (Lipinski definition) is 7. The largest absolute Gasteiger partial charge is 0.490 e. The summed E-state index contributed by atoms with van der Waals surface area (Å²) in [5.74, 6) is -0.0222. The Morgan fingerprint density at radius 1 is 1.30 bits per heavy atom. The number of carbonyl (C=O) groups excluding carboxylic acids is 2. The molecule has 2 aliphatic rings. The molecule has 2 saturated heterocycles. The molecule has 1 aromatic carbocycles. The molecule has 1 unspecified atom stereocenters.